The van der Waals surface area contributed by atoms with Crippen molar-refractivity contribution in [3.63, 3.8) is 0 Å². The summed E-state index contributed by atoms with van der Waals surface area (Å²) in [5, 5.41) is 48.6. The summed E-state index contributed by atoms with van der Waals surface area (Å²) in [6.45, 7) is 8.35. The minimum absolute atomic E-state index is 0.0296. The third kappa shape index (κ3) is 7.49. The summed E-state index contributed by atoms with van der Waals surface area (Å²) in [6.07, 6.45) is 16.1. The number of aromatic carboxylic acids is 4. The zero-order valence-corrected chi connectivity index (χ0v) is 44.7. The lowest BCUT2D eigenvalue weighted by Crippen LogP contribution is -2.45. The maximum absolute atomic E-state index is 12.6. The first-order valence-electron chi connectivity index (χ1n) is 29.0. The zero-order chi connectivity index (χ0) is 54.2. The van der Waals surface area contributed by atoms with Crippen LogP contribution in [0, 0.1) is 0 Å². The number of benzene rings is 6. The fourth-order valence-corrected chi connectivity index (χ4v) is 15.7. The van der Waals surface area contributed by atoms with E-state index in [1.54, 1.807) is 6.07 Å². The number of carbonyl (C=O) groups excluding carboxylic acids is 2. The van der Waals surface area contributed by atoms with Gasteiger partial charge in [0, 0.05) is 118 Å². The van der Waals surface area contributed by atoms with Crippen molar-refractivity contribution >= 4 is 46.4 Å². The van der Waals surface area contributed by atoms with Crippen LogP contribution >= 0.6 is 0 Å². The predicted octanol–water partition coefficient (Wildman–Crippen LogP) is 4.37. The molecule has 0 saturated carbocycles. The van der Waals surface area contributed by atoms with Crippen molar-refractivity contribution in [2.45, 2.75) is 103 Å². The van der Waals surface area contributed by atoms with Gasteiger partial charge in [-0.05, 0) is 153 Å². The Balaban J connectivity index is 0.000000138. The molecule has 0 bridgehead atoms. The van der Waals surface area contributed by atoms with Gasteiger partial charge in [0.1, 0.15) is 49.2 Å². The first-order chi connectivity index (χ1) is 39.0. The number of rotatable bonds is 6. The van der Waals surface area contributed by atoms with Crippen LogP contribution in [0.4, 0.5) is 11.4 Å². The highest BCUT2D eigenvalue weighted by Crippen LogP contribution is 2.51. The van der Waals surface area contributed by atoms with Crippen LogP contribution in [0.5, 0.6) is 23.0 Å². The van der Waals surface area contributed by atoms with Gasteiger partial charge in [-0.2, -0.15) is 0 Å². The molecule has 0 fully saturated rings. The Bertz CT molecular complexity index is 4130. The molecule has 10 aliphatic rings. The molecule has 0 aliphatic carbocycles. The average molecular weight is 1070 g/mol. The van der Waals surface area contributed by atoms with E-state index < -0.39 is 23.9 Å². The van der Waals surface area contributed by atoms with Gasteiger partial charge in [0.15, 0.2) is 0 Å². The third-order valence-electron chi connectivity index (χ3n) is 18.9. The molecule has 0 radical (unpaired) electrons. The maximum atomic E-state index is 12.6. The van der Waals surface area contributed by atoms with E-state index in [0.29, 0.717) is 11.1 Å². The number of anilines is 2. The Morgan fingerprint density at radius 1 is 0.425 bits per heavy atom. The van der Waals surface area contributed by atoms with Crippen molar-refractivity contribution in [2.75, 3.05) is 62.2 Å². The topological polar surface area (TPSA) is 186 Å². The first-order valence-corrected chi connectivity index (χ1v) is 29.0. The molecule has 14 nitrogen and oxygen atoms in total. The normalized spacial score (nSPS) is 18.2. The van der Waals surface area contributed by atoms with E-state index in [1.807, 2.05) is 0 Å². The lowest BCUT2D eigenvalue weighted by Gasteiger charge is -2.39. The summed E-state index contributed by atoms with van der Waals surface area (Å²) in [6, 6.07) is 17.4. The van der Waals surface area contributed by atoms with Crippen molar-refractivity contribution in [1.82, 2.24) is 9.15 Å². The number of fused-ring (bicyclic) bond motifs is 8. The van der Waals surface area contributed by atoms with E-state index in [-0.39, 0.29) is 22.3 Å². The standard InChI is InChI=1S/2C33H30N2O5/c36-32(37)20-9-10-21(33(38)39)24(17-20)27-25-15-18-5-1-11-34-13-3-7-22(28(18)34)30(25)40-31-23-8-4-14-35-12-2-6-19(29(23)35)16-26(27)31;36-32(37)20-9-10-21(24(17-20)33(38)39)27-25-15-18-5-1-11-34-13-3-7-22(28(18)34)30(25)40-31-23-8-4-14-35-12-2-6-19(29(23)35)16-26(27)31/h2*9-10,15-17H,1-8,11-14H2,(H-,36,37,38,39). The van der Waals surface area contributed by atoms with Crippen LogP contribution in [-0.4, -0.2) is 86.4 Å². The Morgan fingerprint density at radius 3 is 1.34 bits per heavy atom. The quantitative estimate of drug-likeness (QED) is 0.225. The van der Waals surface area contributed by atoms with Gasteiger partial charge in [-0.15, -0.1) is 0 Å². The molecule has 2 N–H and O–H groups in total. The van der Waals surface area contributed by atoms with Gasteiger partial charge >= 0.3 is 11.9 Å². The summed E-state index contributed by atoms with van der Waals surface area (Å²) in [4.78, 5) is 53.8. The molecule has 6 aromatic rings. The molecule has 80 heavy (non-hydrogen) atoms. The Morgan fingerprint density at radius 2 is 0.850 bits per heavy atom. The highest BCUT2D eigenvalue weighted by Gasteiger charge is 2.39. The Hall–Kier alpha value is -8.26. The van der Waals surface area contributed by atoms with Crippen LogP contribution in [0.15, 0.2) is 60.7 Å². The first kappa shape index (κ1) is 48.8. The van der Waals surface area contributed by atoms with Crippen LogP contribution in [-0.2, 0) is 51.4 Å². The molecule has 0 aromatic heterocycles. The molecule has 6 aromatic carbocycles. The summed E-state index contributed by atoms with van der Waals surface area (Å²) in [7, 11) is 0. The van der Waals surface area contributed by atoms with E-state index in [4.69, 9.17) is 9.47 Å². The highest BCUT2D eigenvalue weighted by molar-refractivity contribution is 6.03. The van der Waals surface area contributed by atoms with Gasteiger partial charge in [0.05, 0.1) is 34.2 Å². The lowest BCUT2D eigenvalue weighted by molar-refractivity contribution is -0.256. The number of hydrogen-bond acceptors (Lipinski definition) is 10. The zero-order valence-electron chi connectivity index (χ0n) is 44.7. The molecule has 0 unspecified atom stereocenters. The summed E-state index contributed by atoms with van der Waals surface area (Å²) in [5.41, 5.74) is 16.8. The summed E-state index contributed by atoms with van der Waals surface area (Å²) < 4.78 is 19.0. The van der Waals surface area contributed by atoms with Crippen molar-refractivity contribution in [3.8, 4) is 23.0 Å². The van der Waals surface area contributed by atoms with Gasteiger partial charge in [-0.25, -0.2) is 18.7 Å². The van der Waals surface area contributed by atoms with Crippen LogP contribution < -0.4 is 59.8 Å². The second-order valence-electron chi connectivity index (χ2n) is 23.4. The molecule has 14 heteroatoms. The van der Waals surface area contributed by atoms with E-state index in [1.165, 1.54) is 96.9 Å². The smallest absolute Gasteiger partial charge is 0.336 e. The number of aryl methyl sites for hydroxylation is 4. The monoisotopic (exact) mass is 1070 g/mol. The third-order valence-corrected chi connectivity index (χ3v) is 18.9. The Kier molecular flexibility index (Phi) is 11.4. The van der Waals surface area contributed by atoms with E-state index in [0.717, 1.165) is 211 Å². The molecule has 404 valence electrons. The van der Waals surface area contributed by atoms with E-state index in [2.05, 4.69) is 43.2 Å². The maximum Gasteiger partial charge on any atom is 0.336 e. The van der Waals surface area contributed by atoms with Crippen molar-refractivity contribution in [3.05, 3.63) is 171 Å². The van der Waals surface area contributed by atoms with Gasteiger partial charge < -0.3 is 49.3 Å². The van der Waals surface area contributed by atoms with E-state index in [9.17, 15) is 39.6 Å². The summed E-state index contributed by atoms with van der Waals surface area (Å²) in [5.74, 6) is -1.63. The fourth-order valence-electron chi connectivity index (χ4n) is 15.7. The Labute approximate surface area is 461 Å². The second kappa shape index (κ2) is 18.7. The molecule has 16 rings (SSSR count). The fraction of sp³-hybridized carbons (Fsp3) is 0.364. The number of hydrogen-bond donors (Lipinski definition) is 2. The van der Waals surface area contributed by atoms with Crippen molar-refractivity contribution in [2.24, 2.45) is 0 Å². The van der Waals surface area contributed by atoms with Crippen molar-refractivity contribution < 1.29 is 49.1 Å². The molecule has 0 atom stereocenters. The van der Waals surface area contributed by atoms with E-state index >= 15 is 0 Å². The number of carboxylic acid groups (broad SMARTS) is 4. The number of nitrogens with zero attached hydrogens (tertiary/aromatic N) is 4. The van der Waals surface area contributed by atoms with Gasteiger partial charge in [-0.1, -0.05) is 18.2 Å². The van der Waals surface area contributed by atoms with Gasteiger partial charge in [0.2, 0.25) is 10.7 Å². The lowest BCUT2D eigenvalue weighted by atomic mass is 9.81. The molecule has 0 spiro atoms. The van der Waals surface area contributed by atoms with Crippen LogP contribution in [0.3, 0.4) is 0 Å². The molecular formula is C66H60N4O10. The minimum Gasteiger partial charge on any atom is -0.545 e. The summed E-state index contributed by atoms with van der Waals surface area (Å²) >= 11 is 0. The number of carbonyl (C=O) groups is 4. The second-order valence-corrected chi connectivity index (χ2v) is 23.4. The minimum atomic E-state index is -1.39. The SMILES string of the molecule is O=C([O-])c1ccc(C(=O)O)c(C2=c3cc4c5c(c3Oc3c2cc2c6c3CCCN6CCC2)CCC[N+]=5CCC4)c1.O=C([O-])c1ccc(C2=c3cc4c5c(c3Oc3c2cc2c6c3CCCN6CCC2)CCC[N+]=5CCC4)c(C(=O)O)c1. The van der Waals surface area contributed by atoms with Crippen LogP contribution in [0.2, 0.25) is 0 Å². The highest BCUT2D eigenvalue weighted by atomic mass is 16.5. The number of ether oxygens (including phenoxy) is 2. The van der Waals surface area contributed by atoms with Crippen molar-refractivity contribution in [1.29, 1.82) is 0 Å². The molecule has 0 amide bonds. The number of carboxylic acids is 4. The molecule has 0 saturated heterocycles. The molecular weight excluding hydrogens is 1010 g/mol. The van der Waals surface area contributed by atoms with Crippen LogP contribution in [0.25, 0.3) is 11.1 Å². The molecule has 10 heterocycles. The predicted molar refractivity (Wildman–Crippen MR) is 296 cm³/mol. The molecule has 10 aliphatic heterocycles. The largest absolute Gasteiger partial charge is 0.545 e. The average Bonchev–Trinajstić information content (AvgIpc) is 3.48. The van der Waals surface area contributed by atoms with Crippen LogP contribution in [0.1, 0.15) is 160 Å². The van der Waals surface area contributed by atoms with Gasteiger partial charge in [-0.3, -0.25) is 0 Å². The van der Waals surface area contributed by atoms with Gasteiger partial charge in [0.25, 0.3) is 0 Å².